The maximum Gasteiger partial charge on any atom is 0.281 e. The Morgan fingerprint density at radius 3 is 2.88 bits per heavy atom. The molecule has 1 aliphatic rings. The molecule has 0 unspecified atom stereocenters. The Bertz CT molecular complexity index is 967. The Labute approximate surface area is 145 Å². The number of hydrogen-bond donors (Lipinski definition) is 2. The first-order chi connectivity index (χ1) is 12.1. The molecule has 7 heteroatoms. The number of benzene rings is 1. The van der Waals surface area contributed by atoms with E-state index in [-0.39, 0.29) is 5.56 Å². The van der Waals surface area contributed by atoms with E-state index in [1.165, 1.54) is 16.7 Å². The zero-order valence-corrected chi connectivity index (χ0v) is 14.6. The topological polar surface area (TPSA) is 93.1 Å². The van der Waals surface area contributed by atoms with Gasteiger partial charge in [-0.05, 0) is 25.0 Å². The summed E-state index contributed by atoms with van der Waals surface area (Å²) in [7, 11) is 0. The summed E-state index contributed by atoms with van der Waals surface area (Å²) in [5.41, 5.74) is 4.27. The fourth-order valence-corrected chi connectivity index (χ4v) is 3.52. The number of H-pyrrole nitrogens is 1. The highest BCUT2D eigenvalue weighted by Gasteiger charge is 2.22. The lowest BCUT2D eigenvalue weighted by Crippen LogP contribution is -2.86. The van der Waals surface area contributed by atoms with E-state index in [1.807, 2.05) is 0 Å². The fraction of sp³-hybridized carbons (Fsp3) is 0.444. The Morgan fingerprint density at radius 2 is 2.08 bits per heavy atom. The largest absolute Gasteiger partial charge is 0.346 e. The van der Waals surface area contributed by atoms with Crippen molar-refractivity contribution in [2.75, 3.05) is 13.1 Å². The van der Waals surface area contributed by atoms with Gasteiger partial charge >= 0.3 is 0 Å². The van der Waals surface area contributed by atoms with Crippen molar-refractivity contribution in [3.8, 4) is 0 Å². The molecule has 0 atom stereocenters. The number of nitrogens with zero attached hydrogens (tertiary/aromatic N) is 4. The highest BCUT2D eigenvalue weighted by atomic mass is 16.1. The minimum atomic E-state index is -0.193. The summed E-state index contributed by atoms with van der Waals surface area (Å²) in [6, 6.07) is 6.35. The average Bonchev–Trinajstić information content (AvgIpc) is 3.02. The number of fused-ring (bicyclic) bond motifs is 1. The maximum absolute atomic E-state index is 12.4. The van der Waals surface area contributed by atoms with Crippen molar-refractivity contribution in [1.82, 2.24) is 25.0 Å². The molecule has 25 heavy (non-hydrogen) atoms. The molecule has 0 aliphatic carbocycles. The van der Waals surface area contributed by atoms with Crippen LogP contribution in [0.15, 0.2) is 23.0 Å². The van der Waals surface area contributed by atoms with Gasteiger partial charge in [-0.2, -0.15) is 0 Å². The van der Waals surface area contributed by atoms with Crippen molar-refractivity contribution < 1.29 is 5.32 Å². The number of aromatic nitrogens is 5. The minimum absolute atomic E-state index is 0.193. The summed E-state index contributed by atoms with van der Waals surface area (Å²) in [5.74, 6) is 1.08. The minimum Gasteiger partial charge on any atom is -0.346 e. The molecule has 0 amide bonds. The molecule has 0 radical (unpaired) electrons. The van der Waals surface area contributed by atoms with Gasteiger partial charge in [0.25, 0.3) is 5.56 Å². The molecule has 1 aromatic carbocycles. The molecule has 1 saturated heterocycles. The van der Waals surface area contributed by atoms with Crippen molar-refractivity contribution in [1.29, 1.82) is 0 Å². The summed E-state index contributed by atoms with van der Waals surface area (Å²) >= 11 is 0. The molecule has 7 nitrogen and oxygen atoms in total. The summed E-state index contributed by atoms with van der Waals surface area (Å²) in [6.45, 7) is 6.87. The standard InChI is InChI=1S/C18H22N6O/c1-11-3-4-12(2)14(9-11)10-24-17-15(22-23-24)18(25)21-16(20-17)13-5-7-19-8-6-13/h3-4,9,13,19H,5-8,10H2,1-2H3,(H,20,21,25)/p+1. The molecule has 0 bridgehead atoms. The number of nitrogens with one attached hydrogen (secondary N) is 1. The number of aryl methyl sites for hydroxylation is 2. The monoisotopic (exact) mass is 339 g/mol. The van der Waals surface area contributed by atoms with Gasteiger partial charge in [-0.1, -0.05) is 29.0 Å². The van der Waals surface area contributed by atoms with Crippen molar-refractivity contribution in [3.63, 3.8) is 0 Å². The van der Waals surface area contributed by atoms with Crippen LogP contribution in [0.5, 0.6) is 0 Å². The van der Waals surface area contributed by atoms with E-state index in [0.29, 0.717) is 23.6 Å². The number of quaternary nitrogens is 1. The SMILES string of the molecule is Cc1ccc(C)c(Cn2nnc3c(=O)[nH]c(C4CC[NH2+]CC4)nc32)c1. The third kappa shape index (κ3) is 3.07. The van der Waals surface area contributed by atoms with Crippen LogP contribution in [0.1, 0.15) is 41.3 Å². The fourth-order valence-electron chi connectivity index (χ4n) is 3.52. The number of rotatable bonds is 3. The van der Waals surface area contributed by atoms with E-state index >= 15 is 0 Å². The first-order valence-electron chi connectivity index (χ1n) is 8.83. The Kier molecular flexibility index (Phi) is 4.09. The quantitative estimate of drug-likeness (QED) is 0.731. The third-order valence-corrected chi connectivity index (χ3v) is 5.04. The predicted molar refractivity (Wildman–Crippen MR) is 94.6 cm³/mol. The van der Waals surface area contributed by atoms with Crippen LogP contribution >= 0.6 is 0 Å². The first kappa shape index (κ1) is 16.0. The molecule has 2 aromatic heterocycles. The van der Waals surface area contributed by atoms with Crippen molar-refractivity contribution in [3.05, 3.63) is 51.1 Å². The summed E-state index contributed by atoms with van der Waals surface area (Å²) in [5, 5.41) is 10.5. The van der Waals surface area contributed by atoms with Crippen LogP contribution in [0.4, 0.5) is 0 Å². The van der Waals surface area contributed by atoms with E-state index in [2.05, 4.69) is 52.7 Å². The van der Waals surface area contributed by atoms with Crippen LogP contribution in [0.25, 0.3) is 11.2 Å². The zero-order chi connectivity index (χ0) is 17.4. The van der Waals surface area contributed by atoms with E-state index in [0.717, 1.165) is 31.8 Å². The molecule has 1 aliphatic heterocycles. The zero-order valence-electron chi connectivity index (χ0n) is 14.6. The molecule has 1 fully saturated rings. The highest BCUT2D eigenvalue weighted by Crippen LogP contribution is 2.21. The van der Waals surface area contributed by atoms with Crippen LogP contribution in [-0.4, -0.2) is 38.1 Å². The van der Waals surface area contributed by atoms with Crippen LogP contribution < -0.4 is 10.9 Å². The molecular formula is C18H23N6O+. The molecule has 0 spiro atoms. The molecule has 3 aromatic rings. The second kappa shape index (κ2) is 6.40. The van der Waals surface area contributed by atoms with Gasteiger partial charge in [0.15, 0.2) is 11.2 Å². The van der Waals surface area contributed by atoms with Crippen LogP contribution in [0.2, 0.25) is 0 Å². The van der Waals surface area contributed by atoms with Crippen molar-refractivity contribution in [2.45, 2.75) is 39.2 Å². The number of nitrogens with two attached hydrogens (primary N) is 1. The molecule has 3 N–H and O–H groups in total. The van der Waals surface area contributed by atoms with Gasteiger partial charge in [-0.25, -0.2) is 9.67 Å². The second-order valence-corrected chi connectivity index (χ2v) is 6.94. The van der Waals surface area contributed by atoms with E-state index in [9.17, 15) is 4.79 Å². The maximum atomic E-state index is 12.4. The first-order valence-corrected chi connectivity index (χ1v) is 8.83. The lowest BCUT2D eigenvalue weighted by Gasteiger charge is -2.19. The van der Waals surface area contributed by atoms with Gasteiger partial charge in [0.1, 0.15) is 5.82 Å². The van der Waals surface area contributed by atoms with E-state index in [1.54, 1.807) is 4.68 Å². The van der Waals surface area contributed by atoms with Crippen LogP contribution in [-0.2, 0) is 6.54 Å². The Morgan fingerprint density at radius 1 is 1.28 bits per heavy atom. The van der Waals surface area contributed by atoms with E-state index < -0.39 is 0 Å². The normalized spacial score (nSPS) is 15.8. The summed E-state index contributed by atoms with van der Waals surface area (Å²) in [6.07, 6.45) is 2.07. The van der Waals surface area contributed by atoms with Gasteiger partial charge in [0.2, 0.25) is 0 Å². The smallest absolute Gasteiger partial charge is 0.281 e. The number of aromatic amines is 1. The molecule has 130 valence electrons. The Balaban J connectivity index is 1.75. The van der Waals surface area contributed by atoms with Crippen LogP contribution in [0.3, 0.4) is 0 Å². The summed E-state index contributed by atoms with van der Waals surface area (Å²) < 4.78 is 1.74. The summed E-state index contributed by atoms with van der Waals surface area (Å²) in [4.78, 5) is 20.1. The van der Waals surface area contributed by atoms with Crippen molar-refractivity contribution in [2.24, 2.45) is 0 Å². The van der Waals surface area contributed by atoms with Crippen molar-refractivity contribution >= 4 is 11.2 Å². The average molecular weight is 339 g/mol. The molecular weight excluding hydrogens is 316 g/mol. The van der Waals surface area contributed by atoms with Gasteiger partial charge in [0, 0.05) is 18.8 Å². The molecule has 0 saturated carbocycles. The molecule has 3 heterocycles. The number of hydrogen-bond acceptors (Lipinski definition) is 4. The van der Waals surface area contributed by atoms with Gasteiger partial charge in [-0.15, -0.1) is 5.10 Å². The van der Waals surface area contributed by atoms with Gasteiger partial charge < -0.3 is 10.3 Å². The molecule has 4 rings (SSSR count). The lowest BCUT2D eigenvalue weighted by molar-refractivity contribution is -0.663. The van der Waals surface area contributed by atoms with Crippen LogP contribution in [0, 0.1) is 13.8 Å². The predicted octanol–water partition coefficient (Wildman–Crippen LogP) is 0.621. The lowest BCUT2D eigenvalue weighted by atomic mass is 9.97. The second-order valence-electron chi connectivity index (χ2n) is 6.94. The van der Waals surface area contributed by atoms with E-state index in [4.69, 9.17) is 4.98 Å². The number of piperidine rings is 1. The van der Waals surface area contributed by atoms with Gasteiger partial charge in [0.05, 0.1) is 19.6 Å². The van der Waals surface area contributed by atoms with Gasteiger partial charge in [-0.3, -0.25) is 4.79 Å². The third-order valence-electron chi connectivity index (χ3n) is 5.04. The highest BCUT2D eigenvalue weighted by molar-refractivity contribution is 5.68. The Hall–Kier alpha value is -2.54.